The molecule has 0 aliphatic rings. The number of benzene rings is 2. The SMILES string of the molecule is C[C@H](OC(=O)/C(C#N)=C/c1ccc(N(C)C)cc1)C(=O)Nc1ccccc1[N+](=O)[O-]. The second kappa shape index (κ2) is 9.84. The predicted molar refractivity (Wildman–Crippen MR) is 112 cm³/mol. The summed E-state index contributed by atoms with van der Waals surface area (Å²) in [7, 11) is 3.78. The van der Waals surface area contributed by atoms with Gasteiger partial charge in [-0.15, -0.1) is 0 Å². The Balaban J connectivity index is 2.08. The highest BCUT2D eigenvalue weighted by Gasteiger charge is 2.23. The summed E-state index contributed by atoms with van der Waals surface area (Å²) in [5, 5.41) is 22.7. The Morgan fingerprint density at radius 2 is 1.83 bits per heavy atom. The van der Waals surface area contributed by atoms with Crippen molar-refractivity contribution in [3.63, 3.8) is 0 Å². The largest absolute Gasteiger partial charge is 0.448 e. The van der Waals surface area contributed by atoms with Gasteiger partial charge in [-0.2, -0.15) is 5.26 Å². The van der Waals surface area contributed by atoms with Crippen LogP contribution in [0.3, 0.4) is 0 Å². The molecule has 0 bridgehead atoms. The Morgan fingerprint density at radius 3 is 2.40 bits per heavy atom. The average molecular weight is 408 g/mol. The number of para-hydroxylation sites is 2. The molecule has 2 aromatic carbocycles. The second-order valence-electron chi connectivity index (χ2n) is 6.47. The average Bonchev–Trinajstić information content (AvgIpc) is 2.72. The molecule has 2 aromatic rings. The first-order valence-corrected chi connectivity index (χ1v) is 8.87. The lowest BCUT2D eigenvalue weighted by molar-refractivity contribution is -0.383. The number of esters is 1. The summed E-state index contributed by atoms with van der Waals surface area (Å²) in [6.45, 7) is 1.31. The molecule has 30 heavy (non-hydrogen) atoms. The van der Waals surface area contributed by atoms with Crippen LogP contribution in [-0.4, -0.2) is 37.0 Å². The molecule has 0 spiro atoms. The third kappa shape index (κ3) is 5.65. The molecule has 0 aliphatic carbocycles. The quantitative estimate of drug-likeness (QED) is 0.245. The number of nitriles is 1. The van der Waals surface area contributed by atoms with Gasteiger partial charge in [0, 0.05) is 25.8 Å². The van der Waals surface area contributed by atoms with E-state index in [1.54, 1.807) is 18.2 Å². The number of ether oxygens (including phenoxy) is 1. The van der Waals surface area contributed by atoms with Crippen molar-refractivity contribution in [3.05, 3.63) is 69.8 Å². The summed E-state index contributed by atoms with van der Waals surface area (Å²) in [5.41, 5.74) is 0.980. The van der Waals surface area contributed by atoms with Crippen LogP contribution in [0.25, 0.3) is 6.08 Å². The van der Waals surface area contributed by atoms with Gasteiger partial charge in [0.2, 0.25) is 0 Å². The Labute approximate surface area is 173 Å². The molecule has 0 radical (unpaired) electrons. The fourth-order valence-corrected chi connectivity index (χ4v) is 2.42. The van der Waals surface area contributed by atoms with Crippen LogP contribution < -0.4 is 10.2 Å². The number of rotatable bonds is 7. The smallest absolute Gasteiger partial charge is 0.349 e. The van der Waals surface area contributed by atoms with Crippen molar-refractivity contribution < 1.29 is 19.2 Å². The van der Waals surface area contributed by atoms with Gasteiger partial charge >= 0.3 is 5.97 Å². The van der Waals surface area contributed by atoms with Crippen LogP contribution in [0.2, 0.25) is 0 Å². The Bertz CT molecular complexity index is 1020. The minimum Gasteiger partial charge on any atom is -0.448 e. The topological polar surface area (TPSA) is 126 Å². The number of nitrogens with zero attached hydrogens (tertiary/aromatic N) is 3. The normalized spacial score (nSPS) is 11.7. The summed E-state index contributed by atoms with van der Waals surface area (Å²) < 4.78 is 5.05. The third-order valence-electron chi connectivity index (χ3n) is 4.07. The summed E-state index contributed by atoms with van der Waals surface area (Å²) >= 11 is 0. The number of nitro groups is 1. The van der Waals surface area contributed by atoms with Gasteiger partial charge in [0.25, 0.3) is 11.6 Å². The number of carbonyl (C=O) groups is 2. The number of anilines is 2. The number of hydrogen-bond donors (Lipinski definition) is 1. The minimum atomic E-state index is -1.27. The minimum absolute atomic E-state index is 0.0209. The maximum absolute atomic E-state index is 12.3. The third-order valence-corrected chi connectivity index (χ3v) is 4.07. The van der Waals surface area contributed by atoms with E-state index in [4.69, 9.17) is 4.74 Å². The van der Waals surface area contributed by atoms with Gasteiger partial charge in [-0.3, -0.25) is 14.9 Å². The van der Waals surface area contributed by atoms with E-state index in [1.165, 1.54) is 37.3 Å². The molecule has 1 N–H and O–H groups in total. The number of amides is 1. The van der Waals surface area contributed by atoms with Gasteiger partial charge in [-0.05, 0) is 36.8 Å². The lowest BCUT2D eigenvalue weighted by Crippen LogP contribution is -2.30. The zero-order valence-electron chi connectivity index (χ0n) is 16.7. The molecule has 154 valence electrons. The number of hydrogen-bond acceptors (Lipinski definition) is 7. The molecule has 2 rings (SSSR count). The molecule has 0 fully saturated rings. The molecule has 0 unspecified atom stereocenters. The highest BCUT2D eigenvalue weighted by molar-refractivity contribution is 6.01. The summed E-state index contributed by atoms with van der Waals surface area (Å²) in [5.74, 6) is -1.73. The van der Waals surface area contributed by atoms with Crippen molar-refractivity contribution in [2.75, 3.05) is 24.3 Å². The number of nitro benzene ring substituents is 1. The van der Waals surface area contributed by atoms with E-state index < -0.39 is 22.9 Å². The molecule has 0 saturated carbocycles. The molecule has 1 atom stereocenters. The van der Waals surface area contributed by atoms with Crippen molar-refractivity contribution in [2.24, 2.45) is 0 Å². The fourth-order valence-electron chi connectivity index (χ4n) is 2.42. The Morgan fingerprint density at radius 1 is 1.20 bits per heavy atom. The standard InChI is InChI=1S/C21H20N4O5/c1-14(20(26)23-18-6-4-5-7-19(18)25(28)29)30-21(27)16(13-22)12-15-8-10-17(11-9-15)24(2)3/h4-12,14H,1-3H3,(H,23,26)/b16-12+/t14-/m0/s1. The van der Waals surface area contributed by atoms with Crippen molar-refractivity contribution in [3.8, 4) is 6.07 Å². The number of nitrogens with one attached hydrogen (secondary N) is 1. The summed E-state index contributed by atoms with van der Waals surface area (Å²) in [6.07, 6.45) is 0.0826. The van der Waals surface area contributed by atoms with Crippen molar-refractivity contribution in [1.82, 2.24) is 0 Å². The molecule has 9 heteroatoms. The van der Waals surface area contributed by atoms with E-state index in [0.717, 1.165) is 5.69 Å². The molecule has 9 nitrogen and oxygen atoms in total. The van der Waals surface area contributed by atoms with Gasteiger partial charge in [0.1, 0.15) is 17.3 Å². The van der Waals surface area contributed by atoms with Gasteiger partial charge in [-0.1, -0.05) is 24.3 Å². The molecule has 0 aliphatic heterocycles. The Kier molecular flexibility index (Phi) is 7.25. The van der Waals surface area contributed by atoms with Crippen LogP contribution >= 0.6 is 0 Å². The van der Waals surface area contributed by atoms with Gasteiger partial charge in [0.05, 0.1) is 4.92 Å². The molecule has 0 aromatic heterocycles. The van der Waals surface area contributed by atoms with Gasteiger partial charge in [0.15, 0.2) is 6.10 Å². The zero-order chi connectivity index (χ0) is 22.3. The summed E-state index contributed by atoms with van der Waals surface area (Å²) in [6, 6.07) is 14.5. The molecule has 0 heterocycles. The van der Waals surface area contributed by atoms with E-state index >= 15 is 0 Å². The highest BCUT2D eigenvalue weighted by Crippen LogP contribution is 2.23. The molecule has 0 saturated heterocycles. The van der Waals surface area contributed by atoms with Crippen LogP contribution in [0.4, 0.5) is 17.1 Å². The first-order chi connectivity index (χ1) is 14.2. The van der Waals surface area contributed by atoms with Gasteiger partial charge in [-0.25, -0.2) is 4.79 Å². The summed E-state index contributed by atoms with van der Waals surface area (Å²) in [4.78, 5) is 36.9. The molecular weight excluding hydrogens is 388 g/mol. The van der Waals surface area contributed by atoms with Crippen LogP contribution in [0.1, 0.15) is 12.5 Å². The first-order valence-electron chi connectivity index (χ1n) is 8.87. The second-order valence-corrected chi connectivity index (χ2v) is 6.47. The van der Waals surface area contributed by atoms with Crippen LogP contribution in [0.5, 0.6) is 0 Å². The maximum atomic E-state index is 12.3. The van der Waals surface area contributed by atoms with E-state index in [2.05, 4.69) is 5.32 Å². The fraction of sp³-hybridized carbons (Fsp3) is 0.190. The molecular formula is C21H20N4O5. The van der Waals surface area contributed by atoms with E-state index in [1.807, 2.05) is 31.1 Å². The van der Waals surface area contributed by atoms with Crippen LogP contribution in [0, 0.1) is 21.4 Å². The maximum Gasteiger partial charge on any atom is 0.349 e. The van der Waals surface area contributed by atoms with Crippen molar-refractivity contribution in [1.29, 1.82) is 5.26 Å². The van der Waals surface area contributed by atoms with E-state index in [-0.39, 0.29) is 16.9 Å². The Hall–Kier alpha value is -4.19. The lowest BCUT2D eigenvalue weighted by atomic mass is 10.1. The molecule has 1 amide bonds. The van der Waals surface area contributed by atoms with Gasteiger partial charge < -0.3 is 15.0 Å². The zero-order valence-corrected chi connectivity index (χ0v) is 16.7. The first kappa shape index (κ1) is 22.1. The monoisotopic (exact) mass is 408 g/mol. The van der Waals surface area contributed by atoms with E-state index in [9.17, 15) is 25.0 Å². The van der Waals surface area contributed by atoms with Crippen LogP contribution in [-0.2, 0) is 14.3 Å². The van der Waals surface area contributed by atoms with Crippen molar-refractivity contribution in [2.45, 2.75) is 13.0 Å². The number of carbonyl (C=O) groups excluding carboxylic acids is 2. The predicted octanol–water partition coefficient (Wildman–Crippen LogP) is 3.14. The highest BCUT2D eigenvalue weighted by atomic mass is 16.6. The van der Waals surface area contributed by atoms with Crippen molar-refractivity contribution >= 4 is 35.0 Å². The van der Waals surface area contributed by atoms with E-state index in [0.29, 0.717) is 5.56 Å². The van der Waals surface area contributed by atoms with Crippen LogP contribution in [0.15, 0.2) is 54.1 Å². The lowest BCUT2D eigenvalue weighted by Gasteiger charge is -2.13.